The van der Waals surface area contributed by atoms with E-state index in [1.165, 1.54) is 36.2 Å². The van der Waals surface area contributed by atoms with Crippen LogP contribution in [-0.2, 0) is 6.54 Å². The Hall–Kier alpha value is -1.06. The van der Waals surface area contributed by atoms with Gasteiger partial charge in [-0.25, -0.2) is 0 Å². The van der Waals surface area contributed by atoms with Crippen molar-refractivity contribution in [3.8, 4) is 0 Å². The van der Waals surface area contributed by atoms with Gasteiger partial charge in [0.1, 0.15) is 0 Å². The number of benzene rings is 1. The molecule has 0 aliphatic carbocycles. The van der Waals surface area contributed by atoms with Crippen molar-refractivity contribution in [3.05, 3.63) is 29.3 Å². The minimum absolute atomic E-state index is 0.612. The largest absolute Gasteiger partial charge is 0.373 e. The molecule has 1 unspecified atom stereocenters. The molecule has 1 aliphatic rings. The van der Waals surface area contributed by atoms with Crippen LogP contribution in [0.1, 0.15) is 24.0 Å². The molecule has 0 spiro atoms. The minimum atomic E-state index is 0.612. The second-order valence-electron chi connectivity index (χ2n) is 5.49. The van der Waals surface area contributed by atoms with Gasteiger partial charge in [-0.15, -0.1) is 0 Å². The lowest BCUT2D eigenvalue weighted by atomic mass is 10.1. The summed E-state index contributed by atoms with van der Waals surface area (Å²) < 4.78 is 0. The first-order valence-electron chi connectivity index (χ1n) is 6.83. The average molecular weight is 247 g/mol. The third-order valence-electron chi connectivity index (χ3n) is 4.03. The second-order valence-corrected chi connectivity index (χ2v) is 5.49. The Morgan fingerprint density at radius 2 is 2.22 bits per heavy atom. The molecule has 0 bridgehead atoms. The summed E-state index contributed by atoms with van der Waals surface area (Å²) in [6.07, 6.45) is 2.64. The molecule has 2 N–H and O–H groups in total. The van der Waals surface area contributed by atoms with Gasteiger partial charge in [0.25, 0.3) is 0 Å². The predicted octanol–water partition coefficient (Wildman–Crippen LogP) is 1.98. The molecule has 3 heteroatoms. The van der Waals surface area contributed by atoms with Gasteiger partial charge in [0.2, 0.25) is 0 Å². The van der Waals surface area contributed by atoms with E-state index in [2.05, 4.69) is 49.0 Å². The molecular formula is C15H25N3. The summed E-state index contributed by atoms with van der Waals surface area (Å²) in [6, 6.07) is 7.22. The molecular weight excluding hydrogens is 222 g/mol. The molecule has 2 rings (SSSR count). The summed E-state index contributed by atoms with van der Waals surface area (Å²) in [4.78, 5) is 4.83. The summed E-state index contributed by atoms with van der Waals surface area (Å²) in [5.74, 6) is 0. The Morgan fingerprint density at radius 1 is 1.44 bits per heavy atom. The zero-order valence-electron chi connectivity index (χ0n) is 11.8. The number of rotatable bonds is 4. The van der Waals surface area contributed by atoms with Gasteiger partial charge < -0.3 is 15.5 Å². The van der Waals surface area contributed by atoms with Gasteiger partial charge in [-0.3, -0.25) is 0 Å². The van der Waals surface area contributed by atoms with E-state index in [9.17, 15) is 0 Å². The van der Waals surface area contributed by atoms with Gasteiger partial charge >= 0.3 is 0 Å². The molecule has 1 aromatic rings. The Bertz CT molecular complexity index is 403. The quantitative estimate of drug-likeness (QED) is 0.883. The van der Waals surface area contributed by atoms with Gasteiger partial charge in [-0.05, 0) is 50.6 Å². The molecule has 1 atom stereocenters. The van der Waals surface area contributed by atoms with E-state index in [4.69, 9.17) is 5.73 Å². The van der Waals surface area contributed by atoms with Crippen LogP contribution in [0.3, 0.4) is 0 Å². The van der Waals surface area contributed by atoms with E-state index >= 15 is 0 Å². The average Bonchev–Trinajstić information content (AvgIpc) is 2.75. The highest BCUT2D eigenvalue weighted by Gasteiger charge is 2.22. The van der Waals surface area contributed by atoms with E-state index in [1.807, 2.05) is 0 Å². The van der Waals surface area contributed by atoms with Crippen LogP contribution >= 0.6 is 0 Å². The molecule has 0 saturated carbocycles. The molecule has 3 nitrogen and oxygen atoms in total. The van der Waals surface area contributed by atoms with E-state index in [1.54, 1.807) is 0 Å². The zero-order valence-corrected chi connectivity index (χ0v) is 11.8. The number of nitrogens with two attached hydrogens (primary N) is 1. The highest BCUT2D eigenvalue weighted by atomic mass is 15.2. The first kappa shape index (κ1) is 13.4. The van der Waals surface area contributed by atoms with E-state index in [-0.39, 0.29) is 0 Å². The van der Waals surface area contributed by atoms with Crippen LogP contribution in [-0.4, -0.2) is 38.1 Å². The summed E-state index contributed by atoms with van der Waals surface area (Å²) in [5.41, 5.74) is 9.67. The highest BCUT2D eigenvalue weighted by Crippen LogP contribution is 2.23. The fourth-order valence-corrected chi connectivity index (χ4v) is 2.83. The zero-order chi connectivity index (χ0) is 13.1. The van der Waals surface area contributed by atoms with Crippen LogP contribution in [0.5, 0.6) is 0 Å². The smallest absolute Gasteiger partial charge is 0.0412 e. The molecule has 1 aliphatic heterocycles. The van der Waals surface area contributed by atoms with Crippen LogP contribution in [0, 0.1) is 6.92 Å². The van der Waals surface area contributed by atoms with Crippen LogP contribution in [0.4, 0.5) is 5.69 Å². The number of likely N-dealkylation sites (N-methyl/N-ethyl adjacent to an activating group) is 2. The lowest BCUT2D eigenvalue weighted by molar-refractivity contribution is 0.314. The Morgan fingerprint density at radius 3 is 2.83 bits per heavy atom. The van der Waals surface area contributed by atoms with Crippen molar-refractivity contribution in [2.45, 2.75) is 32.4 Å². The van der Waals surface area contributed by atoms with E-state index in [0.29, 0.717) is 12.6 Å². The van der Waals surface area contributed by atoms with Crippen LogP contribution in [0.2, 0.25) is 0 Å². The van der Waals surface area contributed by atoms with Gasteiger partial charge in [0.05, 0.1) is 0 Å². The summed E-state index contributed by atoms with van der Waals surface area (Å²) in [6.45, 7) is 5.07. The second kappa shape index (κ2) is 5.72. The van der Waals surface area contributed by atoms with E-state index in [0.717, 1.165) is 6.54 Å². The third-order valence-corrected chi connectivity index (χ3v) is 4.03. The number of aryl methyl sites for hydroxylation is 1. The Kier molecular flexibility index (Phi) is 4.25. The standard InChI is InChI=1S/C15H25N3/c1-12-6-7-13(10-16)15(9-12)18(3)11-14-5-4-8-17(14)2/h6-7,9,14H,4-5,8,10-11,16H2,1-3H3. The van der Waals surface area contributed by atoms with Crippen molar-refractivity contribution in [2.75, 3.05) is 32.1 Å². The van der Waals surface area contributed by atoms with Crippen molar-refractivity contribution in [1.82, 2.24) is 4.90 Å². The molecule has 0 amide bonds. The summed E-state index contributed by atoms with van der Waals surface area (Å²) >= 11 is 0. The maximum absolute atomic E-state index is 5.84. The summed E-state index contributed by atoms with van der Waals surface area (Å²) in [5, 5.41) is 0. The van der Waals surface area contributed by atoms with Crippen molar-refractivity contribution in [3.63, 3.8) is 0 Å². The van der Waals surface area contributed by atoms with Crippen molar-refractivity contribution in [1.29, 1.82) is 0 Å². The van der Waals surface area contributed by atoms with Gasteiger partial charge in [0, 0.05) is 31.9 Å². The molecule has 100 valence electrons. The molecule has 1 aromatic carbocycles. The number of hydrogen-bond donors (Lipinski definition) is 1. The minimum Gasteiger partial charge on any atom is -0.373 e. The molecule has 0 radical (unpaired) electrons. The fourth-order valence-electron chi connectivity index (χ4n) is 2.83. The fraction of sp³-hybridized carbons (Fsp3) is 0.600. The molecule has 1 fully saturated rings. The van der Waals surface area contributed by atoms with Gasteiger partial charge in [0.15, 0.2) is 0 Å². The SMILES string of the molecule is Cc1ccc(CN)c(N(C)CC2CCCN2C)c1. The number of hydrogen-bond acceptors (Lipinski definition) is 3. The summed E-state index contributed by atoms with van der Waals surface area (Å²) in [7, 11) is 4.41. The van der Waals surface area contributed by atoms with Crippen molar-refractivity contribution in [2.24, 2.45) is 5.73 Å². The number of nitrogens with zero attached hydrogens (tertiary/aromatic N) is 2. The van der Waals surface area contributed by atoms with Gasteiger partial charge in [-0.2, -0.15) is 0 Å². The third kappa shape index (κ3) is 2.85. The first-order chi connectivity index (χ1) is 8.61. The topological polar surface area (TPSA) is 32.5 Å². The maximum Gasteiger partial charge on any atom is 0.0412 e. The van der Waals surface area contributed by atoms with Crippen LogP contribution in [0.15, 0.2) is 18.2 Å². The molecule has 0 aromatic heterocycles. The van der Waals surface area contributed by atoms with Crippen LogP contribution < -0.4 is 10.6 Å². The van der Waals surface area contributed by atoms with Crippen LogP contribution in [0.25, 0.3) is 0 Å². The van der Waals surface area contributed by atoms with E-state index < -0.39 is 0 Å². The lowest BCUT2D eigenvalue weighted by Crippen LogP contribution is -2.37. The normalized spacial score (nSPS) is 20.3. The Labute approximate surface area is 111 Å². The highest BCUT2D eigenvalue weighted by molar-refractivity contribution is 5.55. The predicted molar refractivity (Wildman–Crippen MR) is 78.0 cm³/mol. The molecule has 18 heavy (non-hydrogen) atoms. The van der Waals surface area contributed by atoms with Gasteiger partial charge in [-0.1, -0.05) is 12.1 Å². The molecule has 1 saturated heterocycles. The Balaban J connectivity index is 2.12. The van der Waals surface area contributed by atoms with Crippen molar-refractivity contribution < 1.29 is 0 Å². The van der Waals surface area contributed by atoms with Crippen molar-refractivity contribution >= 4 is 5.69 Å². The maximum atomic E-state index is 5.84. The number of anilines is 1. The molecule has 1 heterocycles. The number of likely N-dealkylation sites (tertiary alicyclic amines) is 1. The lowest BCUT2D eigenvalue weighted by Gasteiger charge is -2.29. The first-order valence-corrected chi connectivity index (χ1v) is 6.83. The monoisotopic (exact) mass is 247 g/mol.